The summed E-state index contributed by atoms with van der Waals surface area (Å²) >= 11 is 0. The predicted molar refractivity (Wildman–Crippen MR) is 263 cm³/mol. The second-order valence-corrected chi connectivity index (χ2v) is 17.5. The Balaban J connectivity index is 5.37. The van der Waals surface area contributed by atoms with Crippen LogP contribution in [0.15, 0.2) is 0 Å². The molecule has 0 aromatic rings. The molecule has 0 fully saturated rings. The van der Waals surface area contributed by atoms with Crippen LogP contribution < -0.4 is 0 Å². The number of unbranched alkanes of at least 4 members (excludes halogenated alkanes) is 10. The lowest BCUT2D eigenvalue weighted by atomic mass is 10.1. The summed E-state index contributed by atoms with van der Waals surface area (Å²) in [7, 11) is 0. The van der Waals surface area contributed by atoms with E-state index in [0.29, 0.717) is 97.4 Å². The summed E-state index contributed by atoms with van der Waals surface area (Å²) in [6.45, 7) is 18.0. The Morgan fingerprint density at radius 3 is 0.926 bits per heavy atom. The third kappa shape index (κ3) is 41.3. The number of carbonyl (C=O) groups is 6. The fourth-order valence-electron chi connectivity index (χ4n) is 7.23. The molecule has 0 aromatic carbocycles. The molecule has 16 heteroatoms. The number of ether oxygens (including phenoxy) is 8. The van der Waals surface area contributed by atoms with Gasteiger partial charge in [-0.25, -0.2) is 9.59 Å². The first-order valence-corrected chi connectivity index (χ1v) is 26.7. The summed E-state index contributed by atoms with van der Waals surface area (Å²) in [4.78, 5) is 79.6. The van der Waals surface area contributed by atoms with Gasteiger partial charge in [-0.05, 0) is 90.1 Å². The molecule has 0 atom stereocenters. The van der Waals surface area contributed by atoms with Crippen LogP contribution in [-0.4, -0.2) is 137 Å². The lowest BCUT2D eigenvalue weighted by molar-refractivity contribution is -0.145. The van der Waals surface area contributed by atoms with E-state index < -0.39 is 24.5 Å². The van der Waals surface area contributed by atoms with Gasteiger partial charge in [0.25, 0.3) is 0 Å². The molecule has 0 aromatic heterocycles. The molecular formula is C52H96N2O14. The minimum atomic E-state index is -0.839. The number of nitrogens with zero attached hydrogens (tertiary/aromatic N) is 2. The van der Waals surface area contributed by atoms with Crippen molar-refractivity contribution < 1.29 is 66.7 Å². The fraction of sp³-hybridized carbons (Fsp3) is 0.885. The summed E-state index contributed by atoms with van der Waals surface area (Å²) in [5.74, 6) is -1.14. The molecule has 0 radical (unpaired) electrons. The van der Waals surface area contributed by atoms with E-state index in [2.05, 4.69) is 46.4 Å². The monoisotopic (exact) mass is 973 g/mol. The van der Waals surface area contributed by atoms with E-state index in [9.17, 15) is 28.8 Å². The van der Waals surface area contributed by atoms with Crippen molar-refractivity contribution >= 4 is 36.2 Å². The minimum absolute atomic E-state index is 0.0207. The van der Waals surface area contributed by atoms with Gasteiger partial charge in [0, 0.05) is 51.9 Å². The minimum Gasteiger partial charge on any atom is -0.466 e. The van der Waals surface area contributed by atoms with E-state index in [1.165, 1.54) is 0 Å². The van der Waals surface area contributed by atoms with Crippen molar-refractivity contribution in [2.75, 3.05) is 78.9 Å². The molecule has 0 aliphatic heterocycles. The smallest absolute Gasteiger partial charge is 0.466 e. The van der Waals surface area contributed by atoms with Crippen LogP contribution in [0.25, 0.3) is 0 Å². The summed E-state index contributed by atoms with van der Waals surface area (Å²) in [6.07, 6.45) is 15.3. The zero-order valence-corrected chi connectivity index (χ0v) is 43.6. The van der Waals surface area contributed by atoms with Crippen LogP contribution in [-0.2, 0) is 57.1 Å². The average Bonchev–Trinajstić information content (AvgIpc) is 3.31. The number of rotatable bonds is 47. The summed E-state index contributed by atoms with van der Waals surface area (Å²) in [6, 6.07) is 0. The molecule has 68 heavy (non-hydrogen) atoms. The second kappa shape index (κ2) is 47.0. The molecule has 0 amide bonds. The molecule has 0 aliphatic rings. The van der Waals surface area contributed by atoms with E-state index in [4.69, 9.17) is 37.9 Å². The molecule has 0 aliphatic carbocycles. The Labute approximate surface area is 411 Å². The Hall–Kier alpha value is -3.66. The van der Waals surface area contributed by atoms with Gasteiger partial charge in [0.1, 0.15) is 25.4 Å². The Morgan fingerprint density at radius 1 is 0.324 bits per heavy atom. The molecular weight excluding hydrogens is 877 g/mol. The first-order chi connectivity index (χ1) is 33.0. The third-order valence-electron chi connectivity index (χ3n) is 11.6. The Bertz CT molecular complexity index is 1200. The molecule has 0 unspecified atom stereocenters. The maximum atomic E-state index is 13.0. The highest BCUT2D eigenvalue weighted by molar-refractivity contribution is 5.70. The molecule has 0 bridgehead atoms. The number of hydrogen-bond donors (Lipinski definition) is 0. The molecule has 0 spiro atoms. The zero-order chi connectivity index (χ0) is 50.3. The van der Waals surface area contributed by atoms with Crippen LogP contribution in [0.2, 0.25) is 0 Å². The molecule has 0 saturated carbocycles. The van der Waals surface area contributed by atoms with Crippen molar-refractivity contribution in [3.8, 4) is 0 Å². The molecule has 398 valence electrons. The maximum Gasteiger partial charge on any atom is 0.508 e. The largest absolute Gasteiger partial charge is 0.508 e. The standard InChI is InChI=1S/C52H96N2O14/c1-7-13-17-21-41-63-49(57)33-25-29-46(30-26-34-50(58)64-42-22-18-14-8-2)68-52(60)66-44-38-54(36-35-53(11-5)12-6)37-43-65-51(59)67-45(27-23-31-47(55)61-39-19-15-9-3)28-24-32-48(56)62-40-20-16-10-4/h45-46H,7-44H2,1-6H3. The molecule has 0 rings (SSSR count). The summed E-state index contributed by atoms with van der Waals surface area (Å²) in [5, 5.41) is 0. The van der Waals surface area contributed by atoms with Gasteiger partial charge in [0.2, 0.25) is 0 Å². The van der Waals surface area contributed by atoms with Crippen molar-refractivity contribution in [1.82, 2.24) is 9.80 Å². The third-order valence-corrected chi connectivity index (χ3v) is 11.6. The Kier molecular flexibility index (Phi) is 44.5. The molecule has 0 heterocycles. The van der Waals surface area contributed by atoms with Gasteiger partial charge in [-0.2, -0.15) is 0 Å². The van der Waals surface area contributed by atoms with Gasteiger partial charge in [-0.3, -0.25) is 24.1 Å². The molecule has 0 N–H and O–H groups in total. The van der Waals surface area contributed by atoms with E-state index in [1.54, 1.807) is 0 Å². The molecule has 16 nitrogen and oxygen atoms in total. The van der Waals surface area contributed by atoms with Crippen molar-refractivity contribution in [3.63, 3.8) is 0 Å². The lowest BCUT2D eigenvalue weighted by Gasteiger charge is -2.26. The second-order valence-electron chi connectivity index (χ2n) is 17.5. The van der Waals surface area contributed by atoms with Crippen LogP contribution >= 0.6 is 0 Å². The summed E-state index contributed by atoms with van der Waals surface area (Å²) in [5.41, 5.74) is 0. The SMILES string of the molecule is CCCCCCOC(=O)CCCC(CCCC(=O)OCCCCCC)OC(=O)OCCN(CCOC(=O)OC(CCCC(=O)OCCCCC)CCCC(=O)OCCCCC)CCN(CC)CC. The van der Waals surface area contributed by atoms with Crippen molar-refractivity contribution in [2.24, 2.45) is 0 Å². The van der Waals surface area contributed by atoms with E-state index in [1.807, 2.05) is 4.90 Å². The highest BCUT2D eigenvalue weighted by Gasteiger charge is 2.21. The van der Waals surface area contributed by atoms with Gasteiger partial charge in [-0.15, -0.1) is 0 Å². The van der Waals surface area contributed by atoms with Crippen LogP contribution in [0.3, 0.4) is 0 Å². The van der Waals surface area contributed by atoms with Gasteiger partial charge in [-0.1, -0.05) is 106 Å². The van der Waals surface area contributed by atoms with Gasteiger partial charge >= 0.3 is 36.2 Å². The number of likely N-dealkylation sites (N-methyl/N-ethyl adjacent to an activating group) is 1. The highest BCUT2D eigenvalue weighted by Crippen LogP contribution is 2.17. The van der Waals surface area contributed by atoms with Crippen molar-refractivity contribution in [2.45, 2.75) is 221 Å². The fourth-order valence-corrected chi connectivity index (χ4v) is 7.23. The zero-order valence-electron chi connectivity index (χ0n) is 43.6. The van der Waals surface area contributed by atoms with Crippen molar-refractivity contribution in [1.29, 1.82) is 0 Å². The highest BCUT2D eigenvalue weighted by atomic mass is 16.7. The normalized spacial score (nSPS) is 11.3. The number of esters is 4. The van der Waals surface area contributed by atoms with Crippen molar-refractivity contribution in [3.05, 3.63) is 0 Å². The van der Waals surface area contributed by atoms with Crippen LogP contribution in [0, 0.1) is 0 Å². The first-order valence-electron chi connectivity index (χ1n) is 26.7. The lowest BCUT2D eigenvalue weighted by Crippen LogP contribution is -2.39. The van der Waals surface area contributed by atoms with Crippen LogP contribution in [0.4, 0.5) is 9.59 Å². The van der Waals surface area contributed by atoms with E-state index in [-0.39, 0.29) is 62.8 Å². The van der Waals surface area contributed by atoms with Gasteiger partial charge in [0.15, 0.2) is 0 Å². The molecule has 0 saturated heterocycles. The topological polar surface area (TPSA) is 183 Å². The van der Waals surface area contributed by atoms with E-state index in [0.717, 1.165) is 110 Å². The average molecular weight is 973 g/mol. The number of hydrogen-bond acceptors (Lipinski definition) is 16. The van der Waals surface area contributed by atoms with Gasteiger partial charge in [0.05, 0.1) is 26.4 Å². The first kappa shape index (κ1) is 64.3. The predicted octanol–water partition coefficient (Wildman–Crippen LogP) is 11.1. The van der Waals surface area contributed by atoms with E-state index >= 15 is 0 Å². The van der Waals surface area contributed by atoms with Gasteiger partial charge < -0.3 is 42.8 Å². The number of carbonyl (C=O) groups excluding carboxylic acids is 6. The summed E-state index contributed by atoms with van der Waals surface area (Å²) < 4.78 is 43.9. The van der Waals surface area contributed by atoms with Crippen LogP contribution in [0.1, 0.15) is 208 Å². The quantitative estimate of drug-likeness (QED) is 0.0318. The maximum absolute atomic E-state index is 13.0. The van der Waals surface area contributed by atoms with Crippen LogP contribution in [0.5, 0.6) is 0 Å². The Morgan fingerprint density at radius 2 is 0.618 bits per heavy atom.